The number of anilines is 2. The van der Waals surface area contributed by atoms with Crippen LogP contribution in [-0.2, 0) is 19.6 Å². The average molecular weight is 436 g/mol. The van der Waals surface area contributed by atoms with Gasteiger partial charge < -0.3 is 21.7 Å². The Morgan fingerprint density at radius 1 is 1.18 bits per heavy atom. The molecule has 0 spiro atoms. The summed E-state index contributed by atoms with van der Waals surface area (Å²) in [5, 5.41) is 8.16. The molecule has 1 atom stereocenters. The first-order chi connectivity index (χ1) is 12.5. The van der Waals surface area contributed by atoms with E-state index >= 15 is 0 Å². The van der Waals surface area contributed by atoms with Gasteiger partial charge in [0.05, 0.1) is 28.9 Å². The van der Waals surface area contributed by atoms with Crippen LogP contribution in [0.3, 0.4) is 0 Å². The van der Waals surface area contributed by atoms with E-state index in [1.165, 1.54) is 26.2 Å². The molecule has 160 valence electrons. The molecule has 5 N–H and O–H groups in total. The predicted molar refractivity (Wildman–Crippen MR) is 113 cm³/mol. The topological polar surface area (TPSA) is 134 Å². The predicted octanol–water partition coefficient (Wildman–Crippen LogP) is 0.829. The fourth-order valence-corrected chi connectivity index (χ4v) is 3.05. The lowest BCUT2D eigenvalue weighted by molar-refractivity contribution is -0.125. The number of nitrogens with one attached hydrogen (secondary N) is 3. The van der Waals surface area contributed by atoms with E-state index in [2.05, 4.69) is 16.0 Å². The molecular formula is C17H30ClN5O4S. The number of carbonyl (C=O) groups excluding carboxylic acids is 2. The zero-order chi connectivity index (χ0) is 20.8. The Morgan fingerprint density at radius 3 is 2.29 bits per heavy atom. The molecule has 0 heterocycles. The fraction of sp³-hybridized carbons (Fsp3) is 0.529. The summed E-state index contributed by atoms with van der Waals surface area (Å²) in [6, 6.07) is 3.73. The normalized spacial score (nSPS) is 12.3. The third-order valence-electron chi connectivity index (χ3n) is 3.86. The Bertz CT molecular complexity index is 784. The largest absolute Gasteiger partial charge is 0.384 e. The first kappa shape index (κ1) is 26.1. The Kier molecular flexibility index (Phi) is 10.4. The maximum absolute atomic E-state index is 12.3. The van der Waals surface area contributed by atoms with E-state index in [1.54, 1.807) is 6.07 Å². The summed E-state index contributed by atoms with van der Waals surface area (Å²) < 4.78 is 25.7. The van der Waals surface area contributed by atoms with Crippen molar-refractivity contribution in [2.45, 2.75) is 31.7 Å². The number of halogens is 1. The van der Waals surface area contributed by atoms with Crippen molar-refractivity contribution in [3.05, 3.63) is 18.2 Å². The number of rotatable bonds is 9. The lowest BCUT2D eigenvalue weighted by Gasteiger charge is -2.17. The zero-order valence-electron chi connectivity index (χ0n) is 16.8. The van der Waals surface area contributed by atoms with Crippen molar-refractivity contribution in [2.24, 2.45) is 11.7 Å². The maximum atomic E-state index is 12.3. The molecule has 0 aliphatic heterocycles. The van der Waals surface area contributed by atoms with Crippen LogP contribution < -0.4 is 21.7 Å². The molecule has 0 radical (unpaired) electrons. The van der Waals surface area contributed by atoms with Gasteiger partial charge in [-0.05, 0) is 31.0 Å². The van der Waals surface area contributed by atoms with Crippen LogP contribution >= 0.6 is 12.4 Å². The summed E-state index contributed by atoms with van der Waals surface area (Å²) in [7, 11) is -0.786. The first-order valence-corrected chi connectivity index (χ1v) is 10.1. The Balaban J connectivity index is 0.00000729. The second-order valence-electron chi connectivity index (χ2n) is 6.56. The molecule has 28 heavy (non-hydrogen) atoms. The molecule has 0 fully saturated rings. The summed E-state index contributed by atoms with van der Waals surface area (Å²) in [6.07, 6.45) is 0. The zero-order valence-corrected chi connectivity index (χ0v) is 18.4. The summed E-state index contributed by atoms with van der Waals surface area (Å²) in [4.78, 5) is 24.1. The highest BCUT2D eigenvalue weighted by Crippen LogP contribution is 2.26. The van der Waals surface area contributed by atoms with Gasteiger partial charge in [-0.1, -0.05) is 13.8 Å². The highest BCUT2D eigenvalue weighted by molar-refractivity contribution is 7.89. The van der Waals surface area contributed by atoms with Gasteiger partial charge in [0.25, 0.3) is 0 Å². The van der Waals surface area contributed by atoms with E-state index in [9.17, 15) is 18.0 Å². The van der Waals surface area contributed by atoms with Crippen LogP contribution in [0, 0.1) is 5.92 Å². The highest BCUT2D eigenvalue weighted by atomic mass is 35.5. The maximum Gasteiger partial charge on any atom is 0.243 e. The Morgan fingerprint density at radius 2 is 1.79 bits per heavy atom. The van der Waals surface area contributed by atoms with Crippen LogP contribution in [0.15, 0.2) is 23.1 Å². The molecule has 0 saturated carbocycles. The van der Waals surface area contributed by atoms with Gasteiger partial charge in [-0.15, -0.1) is 12.4 Å². The summed E-state index contributed by atoms with van der Waals surface area (Å²) >= 11 is 0. The quantitative estimate of drug-likeness (QED) is 0.454. The molecule has 9 nitrogen and oxygen atoms in total. The van der Waals surface area contributed by atoms with Gasteiger partial charge in [-0.25, -0.2) is 12.7 Å². The molecule has 1 aromatic carbocycles. The van der Waals surface area contributed by atoms with Gasteiger partial charge in [0.15, 0.2) is 0 Å². The minimum atomic E-state index is -3.65. The Labute approximate surface area is 172 Å². The molecule has 1 rings (SSSR count). The summed E-state index contributed by atoms with van der Waals surface area (Å²) in [6.45, 7) is 5.81. The second-order valence-corrected chi connectivity index (χ2v) is 8.71. The van der Waals surface area contributed by atoms with Gasteiger partial charge in [-0.2, -0.15) is 0 Å². The van der Waals surface area contributed by atoms with Crippen LogP contribution in [0.2, 0.25) is 0 Å². The average Bonchev–Trinajstić information content (AvgIpc) is 2.60. The molecule has 0 saturated heterocycles. The van der Waals surface area contributed by atoms with Crippen molar-refractivity contribution in [3.63, 3.8) is 0 Å². The lowest BCUT2D eigenvalue weighted by atomic mass is 10.1. The van der Waals surface area contributed by atoms with Gasteiger partial charge >= 0.3 is 0 Å². The molecule has 0 unspecified atom stereocenters. The molecule has 0 aromatic heterocycles. The number of carbonyl (C=O) groups is 2. The van der Waals surface area contributed by atoms with E-state index in [1.807, 2.05) is 20.8 Å². The SMILES string of the molecule is CCNc1ccc(S(=O)(=O)N(C)C)cc1NC(=O)CNC(=O)[C@@H](N)C(C)C.Cl. The van der Waals surface area contributed by atoms with Crippen LogP contribution in [0.5, 0.6) is 0 Å². The third-order valence-corrected chi connectivity index (χ3v) is 5.67. The Hall–Kier alpha value is -1.88. The summed E-state index contributed by atoms with van der Waals surface area (Å²) in [5.41, 5.74) is 6.62. The standard InChI is InChI=1S/C17H29N5O4S.ClH/c1-6-19-13-8-7-12(27(25,26)22(4)5)9-14(13)21-15(23)10-20-17(24)16(18)11(2)3;/h7-9,11,16,19H,6,10,18H2,1-5H3,(H,20,24)(H,21,23);1H/t16-;/m0./s1. The highest BCUT2D eigenvalue weighted by Gasteiger charge is 2.20. The number of amides is 2. The van der Waals surface area contributed by atoms with E-state index in [0.29, 0.717) is 17.9 Å². The molecule has 11 heteroatoms. The van der Waals surface area contributed by atoms with Crippen LogP contribution in [-0.4, -0.2) is 57.8 Å². The number of nitrogens with two attached hydrogens (primary N) is 1. The minimum absolute atomic E-state index is 0. The number of sulfonamides is 1. The van der Waals surface area contributed by atoms with Crippen molar-refractivity contribution in [3.8, 4) is 0 Å². The smallest absolute Gasteiger partial charge is 0.243 e. The summed E-state index contributed by atoms with van der Waals surface area (Å²) in [5.74, 6) is -0.963. The van der Waals surface area contributed by atoms with Gasteiger partial charge in [-0.3, -0.25) is 9.59 Å². The number of hydrogen-bond acceptors (Lipinski definition) is 6. The first-order valence-electron chi connectivity index (χ1n) is 8.64. The number of hydrogen-bond donors (Lipinski definition) is 4. The number of benzene rings is 1. The molecule has 0 aliphatic carbocycles. The van der Waals surface area contributed by atoms with Crippen molar-refractivity contribution < 1.29 is 18.0 Å². The third kappa shape index (κ3) is 6.93. The van der Waals surface area contributed by atoms with E-state index in [-0.39, 0.29) is 29.8 Å². The number of nitrogens with zero attached hydrogens (tertiary/aromatic N) is 1. The van der Waals surface area contributed by atoms with Crippen molar-refractivity contribution in [2.75, 3.05) is 37.8 Å². The van der Waals surface area contributed by atoms with Crippen molar-refractivity contribution in [1.82, 2.24) is 9.62 Å². The van der Waals surface area contributed by atoms with Gasteiger partial charge in [0.1, 0.15) is 0 Å². The van der Waals surface area contributed by atoms with Crippen LogP contribution in [0.25, 0.3) is 0 Å². The van der Waals surface area contributed by atoms with Crippen LogP contribution in [0.4, 0.5) is 11.4 Å². The van der Waals surface area contributed by atoms with Crippen molar-refractivity contribution >= 4 is 45.6 Å². The molecule has 2 amide bonds. The molecule has 1 aromatic rings. The monoisotopic (exact) mass is 435 g/mol. The lowest BCUT2D eigenvalue weighted by Crippen LogP contribution is -2.46. The second kappa shape index (κ2) is 11.2. The van der Waals surface area contributed by atoms with E-state index in [0.717, 1.165) is 4.31 Å². The van der Waals surface area contributed by atoms with E-state index in [4.69, 9.17) is 5.73 Å². The minimum Gasteiger partial charge on any atom is -0.384 e. The molecule has 0 aliphatic rings. The van der Waals surface area contributed by atoms with Crippen LogP contribution in [0.1, 0.15) is 20.8 Å². The fourth-order valence-electron chi connectivity index (χ4n) is 2.13. The molecular weight excluding hydrogens is 406 g/mol. The molecule has 0 bridgehead atoms. The van der Waals surface area contributed by atoms with Gasteiger partial charge in [0.2, 0.25) is 21.8 Å². The van der Waals surface area contributed by atoms with Gasteiger partial charge in [0, 0.05) is 20.6 Å². The van der Waals surface area contributed by atoms with E-state index < -0.39 is 27.9 Å². The van der Waals surface area contributed by atoms with Crippen molar-refractivity contribution in [1.29, 1.82) is 0 Å².